The highest BCUT2D eigenvalue weighted by atomic mass is 32.2. The second-order valence-corrected chi connectivity index (χ2v) is 10.00. The molecule has 2 heterocycles. The van der Waals surface area contributed by atoms with Crippen LogP contribution >= 0.6 is 0 Å². The van der Waals surface area contributed by atoms with E-state index in [0.29, 0.717) is 30.4 Å². The van der Waals surface area contributed by atoms with E-state index in [4.69, 9.17) is 4.42 Å². The highest BCUT2D eigenvalue weighted by Gasteiger charge is 2.26. The highest BCUT2D eigenvalue weighted by Crippen LogP contribution is 2.22. The summed E-state index contributed by atoms with van der Waals surface area (Å²) in [4.78, 5) is 29.3. The lowest BCUT2D eigenvalue weighted by molar-refractivity contribution is -0.121. The number of oxazole rings is 1. The Kier molecular flexibility index (Phi) is 7.09. The van der Waals surface area contributed by atoms with Gasteiger partial charge in [-0.15, -0.1) is 0 Å². The maximum atomic E-state index is 12.9. The van der Waals surface area contributed by atoms with Crippen molar-refractivity contribution < 1.29 is 22.4 Å². The molecule has 34 heavy (non-hydrogen) atoms. The monoisotopic (exact) mass is 482 g/mol. The van der Waals surface area contributed by atoms with Gasteiger partial charge in [-0.3, -0.25) is 20.4 Å². The van der Waals surface area contributed by atoms with E-state index >= 15 is 0 Å². The first kappa shape index (κ1) is 23.7. The van der Waals surface area contributed by atoms with Crippen LogP contribution in [0.15, 0.2) is 63.9 Å². The number of amides is 2. The van der Waals surface area contributed by atoms with E-state index < -0.39 is 21.8 Å². The minimum absolute atomic E-state index is 0.0556. The lowest BCUT2D eigenvalue weighted by Gasteiger charge is -2.26. The third kappa shape index (κ3) is 5.35. The quantitative estimate of drug-likeness (QED) is 0.521. The predicted octanol–water partition coefficient (Wildman–Crippen LogP) is 2.83. The summed E-state index contributed by atoms with van der Waals surface area (Å²) < 4.78 is 32.8. The molecule has 2 amide bonds. The fraction of sp³-hybridized carbons (Fsp3) is 0.292. The molecule has 0 radical (unpaired) electrons. The lowest BCUT2D eigenvalue weighted by atomic mass is 10.2. The Morgan fingerprint density at radius 3 is 2.47 bits per heavy atom. The molecule has 0 unspecified atom stereocenters. The Morgan fingerprint density at radius 2 is 1.74 bits per heavy atom. The molecule has 2 aromatic carbocycles. The van der Waals surface area contributed by atoms with Crippen molar-refractivity contribution in [3.05, 3.63) is 71.6 Å². The fourth-order valence-electron chi connectivity index (χ4n) is 3.74. The van der Waals surface area contributed by atoms with E-state index in [1.54, 1.807) is 6.92 Å². The fourth-order valence-corrected chi connectivity index (χ4v) is 5.31. The predicted molar refractivity (Wildman–Crippen MR) is 125 cm³/mol. The second kappa shape index (κ2) is 10.2. The van der Waals surface area contributed by atoms with Crippen LogP contribution in [0, 0.1) is 6.92 Å². The zero-order valence-electron chi connectivity index (χ0n) is 18.8. The molecule has 0 spiro atoms. The first-order valence-corrected chi connectivity index (χ1v) is 12.5. The molecule has 0 atom stereocenters. The van der Waals surface area contributed by atoms with Gasteiger partial charge in [0.25, 0.3) is 5.91 Å². The molecule has 2 N–H and O–H groups in total. The number of aryl methyl sites for hydroxylation is 1. The number of sulfonamides is 1. The van der Waals surface area contributed by atoms with Gasteiger partial charge in [0, 0.05) is 24.2 Å². The highest BCUT2D eigenvalue weighted by molar-refractivity contribution is 7.89. The number of piperidine rings is 1. The third-order valence-corrected chi connectivity index (χ3v) is 7.50. The van der Waals surface area contributed by atoms with Crippen LogP contribution in [0.1, 0.15) is 41.1 Å². The van der Waals surface area contributed by atoms with Crippen LogP contribution in [-0.2, 0) is 21.2 Å². The number of rotatable bonds is 6. The van der Waals surface area contributed by atoms with E-state index in [1.165, 1.54) is 28.6 Å². The first-order valence-electron chi connectivity index (χ1n) is 11.1. The van der Waals surface area contributed by atoms with Crippen LogP contribution in [-0.4, -0.2) is 42.6 Å². The summed E-state index contributed by atoms with van der Waals surface area (Å²) in [5.41, 5.74) is 6.06. The number of nitrogens with zero attached hydrogens (tertiary/aromatic N) is 2. The van der Waals surface area contributed by atoms with Crippen LogP contribution in [0.3, 0.4) is 0 Å². The SMILES string of the molecule is Cc1oc(-c2ccccc2)nc1CC(=O)NNC(=O)c1cccc(S(=O)(=O)N2CCCCC2)c1. The molecule has 1 aromatic heterocycles. The molecular weight excluding hydrogens is 456 g/mol. The van der Waals surface area contributed by atoms with Crippen molar-refractivity contribution in [3.63, 3.8) is 0 Å². The van der Waals surface area contributed by atoms with Gasteiger partial charge in [0.05, 0.1) is 17.0 Å². The van der Waals surface area contributed by atoms with Gasteiger partial charge >= 0.3 is 0 Å². The minimum atomic E-state index is -3.67. The molecular formula is C24H26N4O5S. The summed E-state index contributed by atoms with van der Waals surface area (Å²) in [5.74, 6) is -0.181. The van der Waals surface area contributed by atoms with Gasteiger partial charge < -0.3 is 4.42 Å². The average molecular weight is 483 g/mol. The van der Waals surface area contributed by atoms with Crippen LogP contribution < -0.4 is 10.9 Å². The van der Waals surface area contributed by atoms with Crippen LogP contribution in [0.5, 0.6) is 0 Å². The molecule has 178 valence electrons. The van der Waals surface area contributed by atoms with Gasteiger partial charge in [-0.2, -0.15) is 4.31 Å². The van der Waals surface area contributed by atoms with E-state index in [2.05, 4.69) is 15.8 Å². The number of hydrazine groups is 1. The smallest absolute Gasteiger partial charge is 0.269 e. The minimum Gasteiger partial charge on any atom is -0.441 e. The van der Waals surface area contributed by atoms with Crippen molar-refractivity contribution in [2.24, 2.45) is 0 Å². The number of hydrogen-bond donors (Lipinski definition) is 2. The van der Waals surface area contributed by atoms with Gasteiger partial charge in [0.2, 0.25) is 21.8 Å². The standard InChI is InChI=1S/C24H26N4O5S/c1-17-21(25-24(33-17)18-9-4-2-5-10-18)16-22(29)26-27-23(30)19-11-8-12-20(15-19)34(31,32)28-13-6-3-7-14-28/h2,4-5,8-12,15H,3,6-7,13-14,16H2,1H3,(H,26,29)(H,27,30). The number of hydrogen-bond acceptors (Lipinski definition) is 6. The van der Waals surface area contributed by atoms with Gasteiger partial charge in [-0.25, -0.2) is 13.4 Å². The molecule has 4 rings (SSSR count). The van der Waals surface area contributed by atoms with Crippen molar-refractivity contribution in [1.82, 2.24) is 20.1 Å². The molecule has 1 fully saturated rings. The largest absolute Gasteiger partial charge is 0.441 e. The molecule has 9 nitrogen and oxygen atoms in total. The molecule has 0 bridgehead atoms. The molecule has 1 saturated heterocycles. The summed E-state index contributed by atoms with van der Waals surface area (Å²) in [6.07, 6.45) is 2.56. The van der Waals surface area contributed by atoms with Crippen molar-refractivity contribution in [2.75, 3.05) is 13.1 Å². The van der Waals surface area contributed by atoms with Crippen LogP contribution in [0.2, 0.25) is 0 Å². The average Bonchev–Trinajstić information content (AvgIpc) is 3.23. The molecule has 0 saturated carbocycles. The Bertz CT molecular complexity index is 1280. The number of nitrogens with one attached hydrogen (secondary N) is 2. The zero-order valence-corrected chi connectivity index (χ0v) is 19.6. The Labute approximate surface area is 198 Å². The maximum Gasteiger partial charge on any atom is 0.269 e. The summed E-state index contributed by atoms with van der Waals surface area (Å²) >= 11 is 0. The van der Waals surface area contributed by atoms with Gasteiger partial charge in [-0.05, 0) is 50.1 Å². The summed E-state index contributed by atoms with van der Waals surface area (Å²) in [6, 6.07) is 15.1. The van der Waals surface area contributed by atoms with Gasteiger partial charge in [-0.1, -0.05) is 30.7 Å². The zero-order chi connectivity index (χ0) is 24.1. The van der Waals surface area contributed by atoms with Crippen molar-refractivity contribution in [2.45, 2.75) is 37.5 Å². The van der Waals surface area contributed by atoms with E-state index in [0.717, 1.165) is 24.8 Å². The Balaban J connectivity index is 1.37. The number of aromatic nitrogens is 1. The second-order valence-electron chi connectivity index (χ2n) is 8.06. The van der Waals surface area contributed by atoms with Crippen molar-refractivity contribution >= 4 is 21.8 Å². The van der Waals surface area contributed by atoms with Gasteiger partial charge in [0.15, 0.2) is 0 Å². The molecule has 1 aliphatic heterocycles. The topological polar surface area (TPSA) is 122 Å². The lowest BCUT2D eigenvalue weighted by Crippen LogP contribution is -2.42. The first-order chi connectivity index (χ1) is 16.3. The van der Waals surface area contributed by atoms with Crippen LogP contribution in [0.4, 0.5) is 0 Å². The normalized spacial score (nSPS) is 14.5. The summed E-state index contributed by atoms with van der Waals surface area (Å²) in [5, 5.41) is 0. The molecule has 1 aliphatic rings. The summed E-state index contributed by atoms with van der Waals surface area (Å²) in [7, 11) is -3.67. The molecule has 0 aliphatic carbocycles. The number of benzene rings is 2. The van der Waals surface area contributed by atoms with Gasteiger partial charge in [0.1, 0.15) is 5.76 Å². The number of carbonyl (C=O) groups is 2. The Hall–Kier alpha value is -3.50. The summed E-state index contributed by atoms with van der Waals surface area (Å²) in [6.45, 7) is 2.67. The number of carbonyl (C=O) groups excluding carboxylic acids is 2. The van der Waals surface area contributed by atoms with Crippen molar-refractivity contribution in [3.8, 4) is 11.5 Å². The van der Waals surface area contributed by atoms with E-state index in [1.807, 2.05) is 30.3 Å². The Morgan fingerprint density at radius 1 is 1.00 bits per heavy atom. The molecule has 10 heteroatoms. The van der Waals surface area contributed by atoms with E-state index in [9.17, 15) is 18.0 Å². The maximum absolute atomic E-state index is 12.9. The third-order valence-electron chi connectivity index (χ3n) is 5.61. The molecule has 3 aromatic rings. The van der Waals surface area contributed by atoms with Crippen molar-refractivity contribution in [1.29, 1.82) is 0 Å². The van der Waals surface area contributed by atoms with Crippen LogP contribution in [0.25, 0.3) is 11.5 Å². The van der Waals surface area contributed by atoms with E-state index in [-0.39, 0.29) is 16.9 Å².